The number of fused-ring (bicyclic) bond motifs is 2. The summed E-state index contributed by atoms with van der Waals surface area (Å²) in [6.07, 6.45) is 0. The minimum atomic E-state index is -0.689. The van der Waals surface area contributed by atoms with Gasteiger partial charge in [-0.3, -0.25) is 0 Å². The molecule has 0 saturated carbocycles. The molecule has 0 amide bonds. The van der Waals surface area contributed by atoms with Crippen molar-refractivity contribution in [2.75, 3.05) is 0 Å². The molecule has 6 aromatic carbocycles. The monoisotopic (exact) mass is 608 g/mol. The lowest BCUT2D eigenvalue weighted by atomic mass is 10.4. The third-order valence-corrected chi connectivity index (χ3v) is 20.6. The molecule has 0 N–H and O–H groups in total. The Kier molecular flexibility index (Phi) is 7.21. The quantitative estimate of drug-likeness (QED) is 0.185. The molecule has 0 fully saturated rings. The molecule has 0 radical (unpaired) electrons. The molecule has 4 heteroatoms. The van der Waals surface area contributed by atoms with Gasteiger partial charge < -0.3 is 0 Å². The van der Waals surface area contributed by atoms with Crippen LogP contribution in [0.5, 0.6) is 0 Å². The van der Waals surface area contributed by atoms with E-state index in [-0.39, 0.29) is 0 Å². The Morgan fingerprint density at radius 1 is 0.214 bits per heavy atom. The van der Waals surface area contributed by atoms with Crippen LogP contribution in [0.25, 0.3) is 0 Å². The average molecular weight is 609 g/mol. The van der Waals surface area contributed by atoms with Gasteiger partial charge in [0.25, 0.3) is 0 Å². The van der Waals surface area contributed by atoms with Gasteiger partial charge in [-0.25, -0.2) is 0 Å². The van der Waals surface area contributed by atoms with E-state index in [1.807, 2.05) is 0 Å². The first-order valence-electron chi connectivity index (χ1n) is 14.2. The molecule has 0 aromatic heterocycles. The standard InChI is InChI=1S/C38H28P4/c1-5-17-29(18-6-1)39-33-25-13-14-26-34(33)40(30-19-7-2-8-20-30)37(39)38-41(31-21-9-3-10-22-31)35-27-15-16-28-36(35)42(38)32-23-11-4-12-24-32/h1-28H. The molecule has 8 rings (SSSR count). The fraction of sp³-hybridized carbons (Fsp3) is 0. The first-order valence-corrected chi connectivity index (χ1v) is 19.6. The first-order chi connectivity index (χ1) is 20.9. The van der Waals surface area contributed by atoms with E-state index in [0.717, 1.165) is 0 Å². The van der Waals surface area contributed by atoms with Gasteiger partial charge in [0, 0.05) is 10.1 Å². The number of rotatable bonds is 4. The Morgan fingerprint density at radius 2 is 0.405 bits per heavy atom. The van der Waals surface area contributed by atoms with Crippen LogP contribution in [0.1, 0.15) is 0 Å². The van der Waals surface area contributed by atoms with Gasteiger partial charge in [0.2, 0.25) is 0 Å². The van der Waals surface area contributed by atoms with Crippen LogP contribution in [0.15, 0.2) is 180 Å². The highest BCUT2D eigenvalue weighted by Crippen LogP contribution is 2.76. The normalized spacial score (nSPS) is 20.8. The number of hydrogen-bond acceptors (Lipinski definition) is 0. The van der Waals surface area contributed by atoms with E-state index in [1.165, 1.54) is 42.4 Å². The summed E-state index contributed by atoms with van der Waals surface area (Å²) in [5, 5.41) is 15.5. The molecular formula is C38H28P4. The highest BCUT2D eigenvalue weighted by Gasteiger charge is 2.46. The largest absolute Gasteiger partial charge is 0.0622 e. The van der Waals surface area contributed by atoms with Crippen LogP contribution in [0.4, 0.5) is 0 Å². The van der Waals surface area contributed by atoms with E-state index in [0.29, 0.717) is 0 Å². The second kappa shape index (κ2) is 11.5. The molecular weight excluding hydrogens is 580 g/mol. The third kappa shape index (κ3) is 4.46. The van der Waals surface area contributed by atoms with Crippen LogP contribution >= 0.6 is 31.7 Å². The second-order valence-electron chi connectivity index (χ2n) is 10.3. The molecule has 2 aliphatic heterocycles. The van der Waals surface area contributed by atoms with E-state index in [4.69, 9.17) is 0 Å². The lowest BCUT2D eigenvalue weighted by Crippen LogP contribution is -2.20. The summed E-state index contributed by atoms with van der Waals surface area (Å²) >= 11 is 0. The topological polar surface area (TPSA) is 0 Å². The molecule has 0 nitrogen and oxygen atoms in total. The van der Waals surface area contributed by atoms with Gasteiger partial charge in [0.15, 0.2) is 0 Å². The first kappa shape index (κ1) is 26.4. The van der Waals surface area contributed by atoms with Crippen molar-refractivity contribution in [2.24, 2.45) is 0 Å². The van der Waals surface area contributed by atoms with E-state index >= 15 is 0 Å². The molecule has 42 heavy (non-hydrogen) atoms. The molecule has 4 atom stereocenters. The van der Waals surface area contributed by atoms with Crippen LogP contribution in [0.2, 0.25) is 0 Å². The van der Waals surface area contributed by atoms with E-state index < -0.39 is 31.7 Å². The average Bonchev–Trinajstić information content (AvgIpc) is 3.59. The zero-order valence-corrected chi connectivity index (χ0v) is 26.5. The van der Waals surface area contributed by atoms with Crippen molar-refractivity contribution < 1.29 is 0 Å². The van der Waals surface area contributed by atoms with Crippen LogP contribution in [-0.2, 0) is 0 Å². The zero-order valence-electron chi connectivity index (χ0n) is 23.0. The van der Waals surface area contributed by atoms with Gasteiger partial charge >= 0.3 is 0 Å². The number of benzene rings is 6. The molecule has 6 aromatic rings. The Hall–Kier alpha value is -3.22. The Balaban J connectivity index is 1.53. The fourth-order valence-corrected chi connectivity index (χ4v) is 21.8. The molecule has 0 bridgehead atoms. The molecule has 4 unspecified atom stereocenters. The van der Waals surface area contributed by atoms with Crippen molar-refractivity contribution in [1.29, 1.82) is 0 Å². The van der Waals surface area contributed by atoms with Gasteiger partial charge in [-0.1, -0.05) is 170 Å². The summed E-state index contributed by atoms with van der Waals surface area (Å²) in [5.41, 5.74) is 0. The van der Waals surface area contributed by atoms with Crippen molar-refractivity contribution in [3.63, 3.8) is 0 Å². The molecule has 0 saturated heterocycles. The molecule has 0 aliphatic carbocycles. The minimum absolute atomic E-state index is 0.689. The number of hydrogen-bond donors (Lipinski definition) is 0. The third-order valence-electron chi connectivity index (χ3n) is 7.83. The predicted molar refractivity (Wildman–Crippen MR) is 190 cm³/mol. The molecule has 0 spiro atoms. The van der Waals surface area contributed by atoms with Crippen LogP contribution in [0, 0.1) is 0 Å². The van der Waals surface area contributed by atoms with Crippen molar-refractivity contribution in [3.8, 4) is 0 Å². The lowest BCUT2D eigenvalue weighted by molar-refractivity contribution is 1.76. The highest BCUT2D eigenvalue weighted by atomic mass is 31.2. The van der Waals surface area contributed by atoms with Gasteiger partial charge in [-0.05, 0) is 74.1 Å². The summed E-state index contributed by atoms with van der Waals surface area (Å²) in [6, 6.07) is 64.3. The van der Waals surface area contributed by atoms with Crippen molar-refractivity contribution in [3.05, 3.63) is 180 Å². The zero-order chi connectivity index (χ0) is 27.9. The maximum absolute atomic E-state index is 2.43. The van der Waals surface area contributed by atoms with Crippen LogP contribution in [0.3, 0.4) is 0 Å². The Morgan fingerprint density at radius 3 is 0.619 bits per heavy atom. The van der Waals surface area contributed by atoms with E-state index in [2.05, 4.69) is 170 Å². The highest BCUT2D eigenvalue weighted by molar-refractivity contribution is 8.05. The lowest BCUT2D eigenvalue weighted by Gasteiger charge is -2.28. The maximum atomic E-state index is 2.43. The summed E-state index contributed by atoms with van der Waals surface area (Å²) in [7, 11) is -2.76. The van der Waals surface area contributed by atoms with Gasteiger partial charge in [-0.15, -0.1) is 0 Å². The summed E-state index contributed by atoms with van der Waals surface area (Å²) in [5.74, 6) is 0. The van der Waals surface area contributed by atoms with Crippen molar-refractivity contribution in [1.82, 2.24) is 0 Å². The van der Waals surface area contributed by atoms with Crippen LogP contribution in [-0.4, -0.2) is 0 Å². The van der Waals surface area contributed by atoms with E-state index in [1.54, 1.807) is 10.1 Å². The minimum Gasteiger partial charge on any atom is -0.0622 e. The Labute approximate surface area is 253 Å². The Bertz CT molecular complexity index is 1610. The molecule has 2 heterocycles. The molecule has 200 valence electrons. The summed E-state index contributed by atoms with van der Waals surface area (Å²) in [4.78, 5) is 0. The van der Waals surface area contributed by atoms with Crippen molar-refractivity contribution >= 4 is 74.1 Å². The van der Waals surface area contributed by atoms with Gasteiger partial charge in [0.1, 0.15) is 0 Å². The smallest absolute Gasteiger partial charge is 0.00487 e. The summed E-state index contributed by atoms with van der Waals surface area (Å²) < 4.78 is 0. The maximum Gasteiger partial charge on any atom is 0.00487 e. The summed E-state index contributed by atoms with van der Waals surface area (Å²) in [6.45, 7) is 0. The fourth-order valence-electron chi connectivity index (χ4n) is 6.09. The van der Waals surface area contributed by atoms with E-state index in [9.17, 15) is 0 Å². The van der Waals surface area contributed by atoms with Crippen LogP contribution < -0.4 is 42.4 Å². The molecule has 2 aliphatic rings. The predicted octanol–water partition coefficient (Wildman–Crippen LogP) is 7.27. The SMILES string of the molecule is c1ccc(P2C(=C3P(c4ccccc4)c4ccccc4P3c3ccccc3)P(c3ccccc3)c3ccccc32)cc1. The van der Waals surface area contributed by atoms with Crippen molar-refractivity contribution in [2.45, 2.75) is 0 Å². The van der Waals surface area contributed by atoms with Gasteiger partial charge in [-0.2, -0.15) is 0 Å². The van der Waals surface area contributed by atoms with Gasteiger partial charge in [0.05, 0.1) is 0 Å². The second-order valence-corrected chi connectivity index (χ2v) is 19.5.